The van der Waals surface area contributed by atoms with Crippen LogP contribution < -0.4 is 5.32 Å². The molecule has 0 aliphatic carbocycles. The van der Waals surface area contributed by atoms with E-state index in [2.05, 4.69) is 27.7 Å². The number of ether oxygens (including phenoxy) is 1. The van der Waals surface area contributed by atoms with Gasteiger partial charge in [0.2, 0.25) is 0 Å². The maximum absolute atomic E-state index is 12.8. The van der Waals surface area contributed by atoms with E-state index in [-0.39, 0.29) is 12.3 Å². The summed E-state index contributed by atoms with van der Waals surface area (Å²) in [5.74, 6) is 1.38. The average molecular weight is 495 g/mol. The maximum atomic E-state index is 12.8. The molecule has 3 heterocycles. The van der Waals surface area contributed by atoms with Crippen LogP contribution in [0.2, 0.25) is 0 Å². The van der Waals surface area contributed by atoms with Crippen LogP contribution in [-0.4, -0.2) is 61.9 Å². The lowest BCUT2D eigenvalue weighted by atomic mass is 10.1. The fourth-order valence-corrected chi connectivity index (χ4v) is 6.17. The van der Waals surface area contributed by atoms with Gasteiger partial charge in [0.1, 0.15) is 16.5 Å². The van der Waals surface area contributed by atoms with Crippen molar-refractivity contribution in [2.75, 3.05) is 43.9 Å². The Hall–Kier alpha value is -2.85. The molecule has 5 rings (SSSR count). The molecule has 7 nitrogen and oxygen atoms in total. The van der Waals surface area contributed by atoms with Gasteiger partial charge in [-0.3, -0.25) is 4.90 Å². The van der Waals surface area contributed by atoms with Crippen molar-refractivity contribution in [1.82, 2.24) is 14.9 Å². The Balaban J connectivity index is 1.45. The second kappa shape index (κ2) is 10.2. The van der Waals surface area contributed by atoms with E-state index in [9.17, 15) is 8.42 Å². The summed E-state index contributed by atoms with van der Waals surface area (Å²) >= 11 is 1.58. The molecular weight excluding hydrogens is 468 g/mol. The monoisotopic (exact) mass is 494 g/mol. The molecule has 1 aliphatic heterocycles. The SMILES string of the molecule is O=S(=O)(CCNc1nc(CN2CCOCC2)nc2scc(-c3ccccc3)c12)c1ccccc1. The minimum Gasteiger partial charge on any atom is -0.379 e. The maximum Gasteiger partial charge on any atom is 0.180 e. The van der Waals surface area contributed by atoms with Crippen LogP contribution in [0.15, 0.2) is 70.9 Å². The van der Waals surface area contributed by atoms with Gasteiger partial charge >= 0.3 is 0 Å². The first-order chi connectivity index (χ1) is 16.6. The van der Waals surface area contributed by atoms with Crippen LogP contribution in [0.5, 0.6) is 0 Å². The number of thiophene rings is 1. The van der Waals surface area contributed by atoms with Crippen LogP contribution in [0.1, 0.15) is 5.82 Å². The Kier molecular flexibility index (Phi) is 6.87. The van der Waals surface area contributed by atoms with Gasteiger partial charge in [-0.05, 0) is 17.7 Å². The Labute approximate surface area is 203 Å². The third kappa shape index (κ3) is 5.12. The first kappa shape index (κ1) is 22.9. The summed E-state index contributed by atoms with van der Waals surface area (Å²) in [6.45, 7) is 4.00. The fraction of sp³-hybridized carbons (Fsp3) is 0.280. The van der Waals surface area contributed by atoms with Gasteiger partial charge < -0.3 is 10.1 Å². The third-order valence-electron chi connectivity index (χ3n) is 5.80. The number of nitrogens with zero attached hydrogens (tertiary/aromatic N) is 3. The van der Waals surface area contributed by atoms with Gasteiger partial charge in [-0.1, -0.05) is 48.5 Å². The first-order valence-corrected chi connectivity index (χ1v) is 13.8. The van der Waals surface area contributed by atoms with Crippen molar-refractivity contribution in [3.8, 4) is 11.1 Å². The van der Waals surface area contributed by atoms with Gasteiger partial charge in [0.05, 0.1) is 35.8 Å². The second-order valence-electron chi connectivity index (χ2n) is 8.13. The lowest BCUT2D eigenvalue weighted by Crippen LogP contribution is -2.36. The van der Waals surface area contributed by atoms with Crippen LogP contribution in [0.25, 0.3) is 21.3 Å². The molecule has 4 aromatic rings. The summed E-state index contributed by atoms with van der Waals surface area (Å²) in [7, 11) is -3.39. The lowest BCUT2D eigenvalue weighted by Gasteiger charge is -2.25. The molecule has 9 heteroatoms. The van der Waals surface area contributed by atoms with Gasteiger partial charge in [-0.2, -0.15) is 0 Å². The Morgan fingerprint density at radius 1 is 0.971 bits per heavy atom. The zero-order chi connectivity index (χ0) is 23.4. The van der Waals surface area contributed by atoms with E-state index in [1.54, 1.807) is 35.6 Å². The van der Waals surface area contributed by atoms with E-state index in [1.165, 1.54) is 0 Å². The quantitative estimate of drug-likeness (QED) is 0.395. The zero-order valence-electron chi connectivity index (χ0n) is 18.7. The number of hydrogen-bond acceptors (Lipinski definition) is 8. The standard InChI is InChI=1S/C25H26N4O3S2/c30-34(31,20-9-5-2-6-10-20)16-11-26-24-23-21(19-7-3-1-4-8-19)18-33-25(23)28-22(27-24)17-29-12-14-32-15-13-29/h1-10,18H,11-17H2,(H,26,27,28). The van der Waals surface area contributed by atoms with Crippen molar-refractivity contribution >= 4 is 37.2 Å². The predicted octanol–water partition coefficient (Wildman–Crippen LogP) is 4.08. The van der Waals surface area contributed by atoms with Crippen molar-refractivity contribution in [2.24, 2.45) is 0 Å². The summed E-state index contributed by atoms with van der Waals surface area (Å²) in [6, 6.07) is 18.7. The Morgan fingerprint density at radius 3 is 2.41 bits per heavy atom. The number of anilines is 1. The topological polar surface area (TPSA) is 84.4 Å². The van der Waals surface area contributed by atoms with Crippen molar-refractivity contribution < 1.29 is 13.2 Å². The highest BCUT2D eigenvalue weighted by molar-refractivity contribution is 7.91. The van der Waals surface area contributed by atoms with Crippen molar-refractivity contribution in [3.63, 3.8) is 0 Å². The summed E-state index contributed by atoms with van der Waals surface area (Å²) in [5.41, 5.74) is 2.13. The Morgan fingerprint density at radius 2 is 1.68 bits per heavy atom. The zero-order valence-corrected chi connectivity index (χ0v) is 20.3. The van der Waals surface area contributed by atoms with E-state index >= 15 is 0 Å². The molecule has 0 saturated carbocycles. The van der Waals surface area contributed by atoms with Crippen LogP contribution in [0.3, 0.4) is 0 Å². The third-order valence-corrected chi connectivity index (χ3v) is 8.40. The van der Waals surface area contributed by atoms with Crippen LogP contribution in [-0.2, 0) is 21.1 Å². The summed E-state index contributed by atoms with van der Waals surface area (Å²) < 4.78 is 31.0. The summed E-state index contributed by atoms with van der Waals surface area (Å²) in [5, 5.41) is 6.35. The largest absolute Gasteiger partial charge is 0.379 e. The molecule has 2 aromatic heterocycles. The number of sulfone groups is 1. The highest BCUT2D eigenvalue weighted by atomic mass is 32.2. The molecule has 1 N–H and O–H groups in total. The van der Waals surface area contributed by atoms with Crippen molar-refractivity contribution in [1.29, 1.82) is 0 Å². The average Bonchev–Trinajstić information content (AvgIpc) is 3.30. The minimum absolute atomic E-state index is 0.0217. The number of hydrogen-bond donors (Lipinski definition) is 1. The molecule has 0 atom stereocenters. The van der Waals surface area contributed by atoms with Crippen LogP contribution in [0.4, 0.5) is 5.82 Å². The summed E-state index contributed by atoms with van der Waals surface area (Å²) in [6.07, 6.45) is 0. The second-order valence-corrected chi connectivity index (χ2v) is 11.1. The van der Waals surface area contributed by atoms with Gasteiger partial charge in [0, 0.05) is 30.6 Å². The van der Waals surface area contributed by atoms with Crippen LogP contribution in [0, 0.1) is 0 Å². The van der Waals surface area contributed by atoms with E-state index in [1.807, 2.05) is 24.3 Å². The Bertz CT molecular complexity index is 1350. The van der Waals surface area contributed by atoms with E-state index in [4.69, 9.17) is 14.7 Å². The molecule has 0 radical (unpaired) electrons. The van der Waals surface area contributed by atoms with E-state index in [0.29, 0.717) is 30.5 Å². The molecule has 0 amide bonds. The number of nitrogens with one attached hydrogen (secondary N) is 1. The van der Waals surface area contributed by atoms with Crippen molar-refractivity contribution in [3.05, 3.63) is 71.9 Å². The highest BCUT2D eigenvalue weighted by Crippen LogP contribution is 2.37. The molecule has 0 spiro atoms. The molecule has 0 unspecified atom stereocenters. The van der Waals surface area contributed by atoms with E-state index < -0.39 is 9.84 Å². The van der Waals surface area contributed by atoms with Crippen molar-refractivity contribution in [2.45, 2.75) is 11.4 Å². The molecule has 1 saturated heterocycles. The van der Waals surface area contributed by atoms with Gasteiger partial charge in [0.25, 0.3) is 0 Å². The number of fused-ring (bicyclic) bond motifs is 1. The molecule has 2 aromatic carbocycles. The first-order valence-electron chi connectivity index (χ1n) is 11.3. The molecule has 34 heavy (non-hydrogen) atoms. The lowest BCUT2D eigenvalue weighted by molar-refractivity contribution is 0.0331. The molecule has 0 bridgehead atoms. The number of rotatable bonds is 8. The number of aromatic nitrogens is 2. The van der Waals surface area contributed by atoms with Crippen LogP contribution >= 0.6 is 11.3 Å². The fourth-order valence-electron chi connectivity index (χ4n) is 4.02. The molecular formula is C25H26N4O3S2. The minimum atomic E-state index is -3.39. The van der Waals surface area contributed by atoms with Gasteiger partial charge in [-0.25, -0.2) is 18.4 Å². The highest BCUT2D eigenvalue weighted by Gasteiger charge is 2.19. The smallest absolute Gasteiger partial charge is 0.180 e. The number of morpholine rings is 1. The predicted molar refractivity (Wildman–Crippen MR) is 136 cm³/mol. The molecule has 176 valence electrons. The molecule has 1 fully saturated rings. The van der Waals surface area contributed by atoms with Gasteiger partial charge in [0.15, 0.2) is 9.84 Å². The summed E-state index contributed by atoms with van der Waals surface area (Å²) in [4.78, 5) is 13.2. The van der Waals surface area contributed by atoms with Gasteiger partial charge in [-0.15, -0.1) is 11.3 Å². The number of benzene rings is 2. The van der Waals surface area contributed by atoms with E-state index in [0.717, 1.165) is 40.3 Å². The molecule has 1 aliphatic rings. The normalized spacial score (nSPS) is 14.9.